The molecule has 0 amide bonds. The predicted octanol–water partition coefficient (Wildman–Crippen LogP) is 4.22. The monoisotopic (exact) mass is 497 g/mol. The molecular formula is C19H13ClINO5. The van der Waals surface area contributed by atoms with Crippen LogP contribution in [0.15, 0.2) is 47.1 Å². The van der Waals surface area contributed by atoms with Crippen molar-refractivity contribution >= 4 is 58.1 Å². The Kier molecular flexibility index (Phi) is 5.81. The standard InChI is InChI=1S/C19H13ClINO5/c1-10(23)26-17-14(20)6-11(8-16(17)25-2)7-15-19(24)27-18(22-15)12-4-3-5-13(21)9-12/h3-9H,1-2H3/b15-7-. The number of cyclic esters (lactones) is 1. The highest BCUT2D eigenvalue weighted by Gasteiger charge is 2.24. The number of benzene rings is 2. The number of carbonyl (C=O) groups excluding carboxylic acids is 2. The highest BCUT2D eigenvalue weighted by molar-refractivity contribution is 14.1. The topological polar surface area (TPSA) is 74.2 Å². The summed E-state index contributed by atoms with van der Waals surface area (Å²) in [6, 6.07) is 10.6. The van der Waals surface area contributed by atoms with Gasteiger partial charge in [0, 0.05) is 16.1 Å². The molecule has 0 spiro atoms. The predicted molar refractivity (Wildman–Crippen MR) is 109 cm³/mol. The van der Waals surface area contributed by atoms with Gasteiger partial charge in [-0.3, -0.25) is 4.79 Å². The molecule has 6 nitrogen and oxygen atoms in total. The lowest BCUT2D eigenvalue weighted by molar-refractivity contribution is -0.132. The van der Waals surface area contributed by atoms with Gasteiger partial charge < -0.3 is 14.2 Å². The Morgan fingerprint density at radius 3 is 2.74 bits per heavy atom. The van der Waals surface area contributed by atoms with Gasteiger partial charge in [-0.1, -0.05) is 17.7 Å². The molecule has 1 aliphatic heterocycles. The van der Waals surface area contributed by atoms with Crippen molar-refractivity contribution in [2.45, 2.75) is 6.92 Å². The van der Waals surface area contributed by atoms with Crippen LogP contribution >= 0.6 is 34.2 Å². The van der Waals surface area contributed by atoms with E-state index in [9.17, 15) is 9.59 Å². The summed E-state index contributed by atoms with van der Waals surface area (Å²) < 4.78 is 16.5. The zero-order valence-electron chi connectivity index (χ0n) is 14.3. The van der Waals surface area contributed by atoms with Crippen molar-refractivity contribution in [1.29, 1.82) is 0 Å². The van der Waals surface area contributed by atoms with Gasteiger partial charge in [0.05, 0.1) is 12.1 Å². The molecule has 0 aliphatic carbocycles. The highest BCUT2D eigenvalue weighted by atomic mass is 127. The fraction of sp³-hybridized carbons (Fsp3) is 0.105. The first-order chi connectivity index (χ1) is 12.9. The summed E-state index contributed by atoms with van der Waals surface area (Å²) in [6.45, 7) is 1.27. The average molecular weight is 498 g/mol. The molecule has 0 unspecified atom stereocenters. The van der Waals surface area contributed by atoms with Crippen LogP contribution in [-0.4, -0.2) is 24.9 Å². The Labute approximate surface area is 173 Å². The van der Waals surface area contributed by atoms with Crippen LogP contribution < -0.4 is 9.47 Å². The second-order valence-electron chi connectivity index (χ2n) is 5.47. The van der Waals surface area contributed by atoms with E-state index in [2.05, 4.69) is 27.6 Å². The van der Waals surface area contributed by atoms with Crippen LogP contribution in [0.4, 0.5) is 0 Å². The molecule has 27 heavy (non-hydrogen) atoms. The molecule has 3 rings (SSSR count). The van der Waals surface area contributed by atoms with Gasteiger partial charge in [0.25, 0.3) is 0 Å². The second kappa shape index (κ2) is 8.10. The molecule has 0 N–H and O–H groups in total. The number of nitrogens with zero attached hydrogens (tertiary/aromatic N) is 1. The highest BCUT2D eigenvalue weighted by Crippen LogP contribution is 2.37. The zero-order chi connectivity index (χ0) is 19.6. The lowest BCUT2D eigenvalue weighted by Crippen LogP contribution is -2.05. The maximum Gasteiger partial charge on any atom is 0.363 e. The molecule has 0 fully saturated rings. The summed E-state index contributed by atoms with van der Waals surface area (Å²) in [7, 11) is 1.42. The largest absolute Gasteiger partial charge is 0.493 e. The van der Waals surface area contributed by atoms with Crippen molar-refractivity contribution in [3.8, 4) is 11.5 Å². The molecule has 0 saturated carbocycles. The van der Waals surface area contributed by atoms with Gasteiger partial charge in [0.15, 0.2) is 17.2 Å². The van der Waals surface area contributed by atoms with E-state index < -0.39 is 11.9 Å². The first-order valence-corrected chi connectivity index (χ1v) is 9.17. The van der Waals surface area contributed by atoms with E-state index >= 15 is 0 Å². The normalized spacial score (nSPS) is 14.7. The Morgan fingerprint density at radius 1 is 1.30 bits per heavy atom. The fourth-order valence-electron chi connectivity index (χ4n) is 2.38. The number of aliphatic imine (C=N–C) groups is 1. The minimum Gasteiger partial charge on any atom is -0.493 e. The number of hydrogen-bond acceptors (Lipinski definition) is 6. The summed E-state index contributed by atoms with van der Waals surface area (Å²) >= 11 is 8.35. The molecule has 0 bridgehead atoms. The maximum absolute atomic E-state index is 12.2. The molecule has 2 aromatic rings. The molecule has 0 saturated heterocycles. The van der Waals surface area contributed by atoms with Gasteiger partial charge in [-0.05, 0) is 64.6 Å². The van der Waals surface area contributed by atoms with Gasteiger partial charge in [0.1, 0.15) is 0 Å². The molecule has 138 valence electrons. The summed E-state index contributed by atoms with van der Waals surface area (Å²) in [5, 5.41) is 0.171. The number of rotatable bonds is 4. The first-order valence-electron chi connectivity index (χ1n) is 7.72. The van der Waals surface area contributed by atoms with Crippen LogP contribution in [0.1, 0.15) is 18.1 Å². The van der Waals surface area contributed by atoms with Crippen LogP contribution in [0.25, 0.3) is 6.08 Å². The number of methoxy groups -OCH3 is 1. The molecule has 1 aliphatic rings. The van der Waals surface area contributed by atoms with Crippen molar-refractivity contribution in [2.24, 2.45) is 4.99 Å². The Hall–Kier alpha value is -2.39. The minimum absolute atomic E-state index is 0.117. The first kappa shape index (κ1) is 19.4. The summed E-state index contributed by atoms with van der Waals surface area (Å²) in [4.78, 5) is 27.6. The second-order valence-corrected chi connectivity index (χ2v) is 7.13. The van der Waals surface area contributed by atoms with Crippen molar-refractivity contribution < 1.29 is 23.8 Å². The molecule has 8 heteroatoms. The van der Waals surface area contributed by atoms with Crippen LogP contribution in [-0.2, 0) is 14.3 Å². The van der Waals surface area contributed by atoms with Gasteiger partial charge in [0.2, 0.25) is 5.90 Å². The lowest BCUT2D eigenvalue weighted by atomic mass is 10.1. The number of halogens is 2. The molecule has 1 heterocycles. The Bertz CT molecular complexity index is 1000. The number of carbonyl (C=O) groups is 2. The third kappa shape index (κ3) is 4.48. The van der Waals surface area contributed by atoms with E-state index in [4.69, 9.17) is 25.8 Å². The van der Waals surface area contributed by atoms with Crippen molar-refractivity contribution in [1.82, 2.24) is 0 Å². The maximum atomic E-state index is 12.2. The van der Waals surface area contributed by atoms with E-state index in [1.54, 1.807) is 12.1 Å². The van der Waals surface area contributed by atoms with E-state index in [1.807, 2.05) is 24.3 Å². The van der Waals surface area contributed by atoms with Crippen LogP contribution in [0.3, 0.4) is 0 Å². The van der Waals surface area contributed by atoms with Crippen molar-refractivity contribution in [2.75, 3.05) is 7.11 Å². The van der Waals surface area contributed by atoms with Crippen LogP contribution in [0.2, 0.25) is 5.02 Å². The lowest BCUT2D eigenvalue weighted by Gasteiger charge is -2.10. The van der Waals surface area contributed by atoms with Gasteiger partial charge in [-0.2, -0.15) is 0 Å². The van der Waals surface area contributed by atoms with Gasteiger partial charge in [-0.15, -0.1) is 0 Å². The molecule has 0 atom stereocenters. The van der Waals surface area contributed by atoms with Crippen LogP contribution in [0, 0.1) is 3.57 Å². The van der Waals surface area contributed by atoms with Gasteiger partial charge >= 0.3 is 11.9 Å². The molecule has 0 radical (unpaired) electrons. The Morgan fingerprint density at radius 2 is 2.07 bits per heavy atom. The summed E-state index contributed by atoms with van der Waals surface area (Å²) in [5.74, 6) is -0.474. The average Bonchev–Trinajstić information content (AvgIpc) is 2.97. The Balaban J connectivity index is 1.97. The summed E-state index contributed by atoms with van der Waals surface area (Å²) in [6.07, 6.45) is 1.52. The number of ether oxygens (including phenoxy) is 3. The van der Waals surface area contributed by atoms with E-state index in [-0.39, 0.29) is 28.1 Å². The molecular weight excluding hydrogens is 485 g/mol. The van der Waals surface area contributed by atoms with Gasteiger partial charge in [-0.25, -0.2) is 9.79 Å². The SMILES string of the molecule is COc1cc(/C=C2\N=C(c3cccc(I)c3)OC2=O)cc(Cl)c1OC(C)=O. The fourth-order valence-corrected chi connectivity index (χ4v) is 3.18. The smallest absolute Gasteiger partial charge is 0.363 e. The third-order valence-corrected chi connectivity index (χ3v) is 4.44. The minimum atomic E-state index is -0.567. The van der Waals surface area contributed by atoms with Crippen LogP contribution in [0.5, 0.6) is 11.5 Å². The number of hydrogen-bond donors (Lipinski definition) is 0. The molecule has 2 aromatic carbocycles. The summed E-state index contributed by atoms with van der Waals surface area (Å²) in [5.41, 5.74) is 1.38. The third-order valence-electron chi connectivity index (χ3n) is 3.49. The van der Waals surface area contributed by atoms with Crippen molar-refractivity contribution in [3.05, 3.63) is 61.8 Å². The van der Waals surface area contributed by atoms with E-state index in [0.29, 0.717) is 11.1 Å². The quantitative estimate of drug-likeness (QED) is 0.274. The number of esters is 2. The molecule has 0 aromatic heterocycles. The van der Waals surface area contributed by atoms with E-state index in [0.717, 1.165) is 3.57 Å². The van der Waals surface area contributed by atoms with Crippen molar-refractivity contribution in [3.63, 3.8) is 0 Å². The van der Waals surface area contributed by atoms with E-state index in [1.165, 1.54) is 20.1 Å². The zero-order valence-corrected chi connectivity index (χ0v) is 17.2.